The Morgan fingerprint density at radius 2 is 1.00 bits per heavy atom. The van der Waals surface area contributed by atoms with Crippen molar-refractivity contribution in [3.63, 3.8) is 0 Å². The van der Waals surface area contributed by atoms with E-state index >= 15 is 0 Å². The number of hydrazine groups is 1. The zero-order valence-electron chi connectivity index (χ0n) is 12.0. The van der Waals surface area contributed by atoms with Gasteiger partial charge >= 0.3 is 0 Å². The Kier molecular flexibility index (Phi) is 4.22. The quantitative estimate of drug-likeness (QED) is 0.412. The first-order valence-electron chi connectivity index (χ1n) is 7.00. The maximum Gasteiger partial charge on any atom is 0.0858 e. The van der Waals surface area contributed by atoms with Crippen LogP contribution in [0.1, 0.15) is 0 Å². The zero-order chi connectivity index (χ0) is 15.2. The van der Waals surface area contributed by atoms with Crippen molar-refractivity contribution in [1.29, 1.82) is 0 Å². The molecule has 0 aliphatic carbocycles. The van der Waals surface area contributed by atoms with Crippen LogP contribution in [0, 0.1) is 0 Å². The number of para-hydroxylation sites is 1. The first-order valence-corrected chi connectivity index (χ1v) is 7.00. The number of hydrogen-bond donors (Lipinski definition) is 1. The molecular weight excluding hydrogens is 272 g/mol. The second-order valence-electron chi connectivity index (χ2n) is 4.76. The summed E-state index contributed by atoms with van der Waals surface area (Å²) in [5, 5.41) is 10.0. The largest absolute Gasteiger partial charge is 0.280 e. The van der Waals surface area contributed by atoms with Crippen molar-refractivity contribution in [3.05, 3.63) is 84.9 Å². The lowest BCUT2D eigenvalue weighted by Gasteiger charge is -2.18. The van der Waals surface area contributed by atoms with Gasteiger partial charge in [0.2, 0.25) is 0 Å². The van der Waals surface area contributed by atoms with Crippen molar-refractivity contribution in [2.75, 3.05) is 5.01 Å². The molecule has 22 heavy (non-hydrogen) atoms. The molecule has 0 fully saturated rings. The highest BCUT2D eigenvalue weighted by atomic mass is 15.4. The lowest BCUT2D eigenvalue weighted by atomic mass is 10.2. The molecular formula is C18H16N4. The maximum atomic E-state index is 6.11. The second kappa shape index (κ2) is 6.65. The lowest BCUT2D eigenvalue weighted by molar-refractivity contribution is 1.09. The van der Waals surface area contributed by atoms with Crippen LogP contribution in [0.2, 0.25) is 0 Å². The molecule has 108 valence electrons. The molecule has 0 radical (unpaired) electrons. The Hall–Kier alpha value is -2.98. The number of anilines is 2. The van der Waals surface area contributed by atoms with E-state index in [0.29, 0.717) is 0 Å². The summed E-state index contributed by atoms with van der Waals surface area (Å²) in [4.78, 5) is 0. The summed E-state index contributed by atoms with van der Waals surface area (Å²) in [6, 6.07) is 27.1. The van der Waals surface area contributed by atoms with Gasteiger partial charge in [-0.25, -0.2) is 5.84 Å². The van der Waals surface area contributed by atoms with Gasteiger partial charge in [-0.1, -0.05) is 36.4 Å². The fraction of sp³-hybridized carbons (Fsp3) is 0. The van der Waals surface area contributed by atoms with E-state index in [1.54, 1.807) is 5.01 Å². The number of hydrogen-bond acceptors (Lipinski definition) is 4. The van der Waals surface area contributed by atoms with Crippen LogP contribution in [0.4, 0.5) is 22.7 Å². The molecule has 0 bridgehead atoms. The molecule has 0 amide bonds. The molecule has 0 unspecified atom stereocenters. The summed E-state index contributed by atoms with van der Waals surface area (Å²) < 4.78 is 0. The minimum atomic E-state index is 0.786. The first kappa shape index (κ1) is 14.0. The van der Waals surface area contributed by atoms with Crippen molar-refractivity contribution < 1.29 is 0 Å². The van der Waals surface area contributed by atoms with Crippen LogP contribution in [0.25, 0.3) is 0 Å². The molecule has 3 rings (SSSR count). The van der Waals surface area contributed by atoms with Gasteiger partial charge in [0.05, 0.1) is 22.7 Å². The minimum Gasteiger partial charge on any atom is -0.280 e. The summed E-state index contributed by atoms with van der Waals surface area (Å²) in [6.45, 7) is 0. The fourth-order valence-electron chi connectivity index (χ4n) is 2.03. The monoisotopic (exact) mass is 288 g/mol. The lowest BCUT2D eigenvalue weighted by Crippen LogP contribution is -2.24. The van der Waals surface area contributed by atoms with Gasteiger partial charge in [0.25, 0.3) is 0 Å². The normalized spacial score (nSPS) is 10.8. The van der Waals surface area contributed by atoms with E-state index in [1.807, 2.05) is 84.9 Å². The van der Waals surface area contributed by atoms with Crippen LogP contribution in [0.5, 0.6) is 0 Å². The molecule has 3 aromatic carbocycles. The standard InChI is InChI=1S/C18H16N4/c19-22(17-9-5-2-6-10-17)18-13-11-16(12-14-18)21-20-15-7-3-1-4-8-15/h1-14H,19H2/b21-20+. The molecule has 0 heterocycles. The predicted molar refractivity (Wildman–Crippen MR) is 89.8 cm³/mol. The Morgan fingerprint density at radius 1 is 0.545 bits per heavy atom. The molecule has 0 atom stereocenters. The number of benzene rings is 3. The second-order valence-corrected chi connectivity index (χ2v) is 4.76. The highest BCUT2D eigenvalue weighted by Crippen LogP contribution is 2.25. The average molecular weight is 288 g/mol. The highest BCUT2D eigenvalue weighted by molar-refractivity contribution is 5.63. The Morgan fingerprint density at radius 3 is 1.59 bits per heavy atom. The highest BCUT2D eigenvalue weighted by Gasteiger charge is 2.03. The number of nitrogens with zero attached hydrogens (tertiary/aromatic N) is 3. The van der Waals surface area contributed by atoms with Crippen LogP contribution < -0.4 is 10.9 Å². The summed E-state index contributed by atoms with van der Waals surface area (Å²) in [5.74, 6) is 6.11. The van der Waals surface area contributed by atoms with E-state index in [1.165, 1.54) is 0 Å². The predicted octanol–water partition coefficient (Wildman–Crippen LogP) is 5.11. The molecule has 4 nitrogen and oxygen atoms in total. The van der Waals surface area contributed by atoms with Gasteiger partial charge in [0.15, 0.2) is 0 Å². The van der Waals surface area contributed by atoms with Crippen molar-refractivity contribution in [2.24, 2.45) is 16.1 Å². The average Bonchev–Trinajstić information content (AvgIpc) is 2.61. The van der Waals surface area contributed by atoms with E-state index in [4.69, 9.17) is 5.84 Å². The van der Waals surface area contributed by atoms with Crippen molar-refractivity contribution >= 4 is 22.7 Å². The Bertz CT molecular complexity index is 737. The summed E-state index contributed by atoms with van der Waals surface area (Å²) in [6.07, 6.45) is 0. The Balaban J connectivity index is 1.74. The van der Waals surface area contributed by atoms with Gasteiger partial charge in [-0.2, -0.15) is 10.2 Å². The summed E-state index contributed by atoms with van der Waals surface area (Å²) in [7, 11) is 0. The van der Waals surface area contributed by atoms with E-state index in [2.05, 4.69) is 10.2 Å². The van der Waals surface area contributed by atoms with E-state index in [0.717, 1.165) is 22.7 Å². The van der Waals surface area contributed by atoms with Gasteiger partial charge in [-0.05, 0) is 48.5 Å². The van der Waals surface area contributed by atoms with Crippen LogP contribution in [-0.4, -0.2) is 0 Å². The Labute approximate surface area is 129 Å². The van der Waals surface area contributed by atoms with Gasteiger partial charge in [-0.3, -0.25) is 5.01 Å². The van der Waals surface area contributed by atoms with Crippen LogP contribution >= 0.6 is 0 Å². The third kappa shape index (κ3) is 3.37. The first-order chi connectivity index (χ1) is 10.8. The minimum absolute atomic E-state index is 0.786. The van der Waals surface area contributed by atoms with E-state index < -0.39 is 0 Å². The van der Waals surface area contributed by atoms with Gasteiger partial charge in [-0.15, -0.1) is 0 Å². The summed E-state index contributed by atoms with van der Waals surface area (Å²) >= 11 is 0. The molecule has 4 heteroatoms. The molecule has 0 aliphatic heterocycles. The van der Waals surface area contributed by atoms with Crippen molar-refractivity contribution in [2.45, 2.75) is 0 Å². The zero-order valence-corrected chi connectivity index (χ0v) is 12.0. The molecule has 0 saturated heterocycles. The van der Waals surface area contributed by atoms with E-state index in [9.17, 15) is 0 Å². The molecule has 2 N–H and O–H groups in total. The fourth-order valence-corrected chi connectivity index (χ4v) is 2.03. The summed E-state index contributed by atoms with van der Waals surface area (Å²) in [5.41, 5.74) is 3.44. The molecule has 3 aromatic rings. The van der Waals surface area contributed by atoms with Gasteiger partial charge < -0.3 is 0 Å². The SMILES string of the molecule is NN(c1ccccc1)c1ccc(/N=N/c2ccccc2)cc1. The smallest absolute Gasteiger partial charge is 0.0858 e. The third-order valence-corrected chi connectivity index (χ3v) is 3.20. The molecule has 0 aliphatic rings. The van der Waals surface area contributed by atoms with Crippen LogP contribution in [0.15, 0.2) is 95.2 Å². The number of rotatable bonds is 4. The van der Waals surface area contributed by atoms with Crippen molar-refractivity contribution in [1.82, 2.24) is 0 Å². The van der Waals surface area contributed by atoms with Crippen molar-refractivity contribution in [3.8, 4) is 0 Å². The van der Waals surface area contributed by atoms with Crippen LogP contribution in [0.3, 0.4) is 0 Å². The molecule has 0 spiro atoms. The van der Waals surface area contributed by atoms with Gasteiger partial charge in [0.1, 0.15) is 0 Å². The maximum absolute atomic E-state index is 6.11. The molecule has 0 saturated carbocycles. The number of azo groups is 1. The van der Waals surface area contributed by atoms with E-state index in [-0.39, 0.29) is 0 Å². The van der Waals surface area contributed by atoms with Gasteiger partial charge in [0, 0.05) is 0 Å². The number of nitrogens with two attached hydrogens (primary N) is 1. The van der Waals surface area contributed by atoms with Crippen LogP contribution in [-0.2, 0) is 0 Å². The topological polar surface area (TPSA) is 54.0 Å². The third-order valence-electron chi connectivity index (χ3n) is 3.20. The molecule has 0 aromatic heterocycles.